The summed E-state index contributed by atoms with van der Waals surface area (Å²) in [6, 6.07) is 15.8. The lowest BCUT2D eigenvalue weighted by molar-refractivity contribution is -0.683. The molecule has 1 atom stereocenters. The quantitative estimate of drug-likeness (QED) is 0.715. The molecule has 1 aliphatic rings. The highest BCUT2D eigenvalue weighted by Crippen LogP contribution is 2.29. The monoisotopic (exact) mass is 398 g/mol. The number of amides is 1. The maximum absolute atomic E-state index is 12.6. The van der Waals surface area contributed by atoms with Crippen LogP contribution in [0.15, 0.2) is 52.9 Å². The Bertz CT molecular complexity index is 930. The van der Waals surface area contributed by atoms with Crippen LogP contribution in [0.1, 0.15) is 43.2 Å². The summed E-state index contributed by atoms with van der Waals surface area (Å²) >= 11 is 6.26. The first-order valence-electron chi connectivity index (χ1n) is 9.83. The topological polar surface area (TPSA) is 63.0 Å². The van der Waals surface area contributed by atoms with Gasteiger partial charge in [0.05, 0.1) is 0 Å². The van der Waals surface area contributed by atoms with E-state index in [1.54, 1.807) is 0 Å². The summed E-state index contributed by atoms with van der Waals surface area (Å²) in [5, 5.41) is 2.80. The highest BCUT2D eigenvalue weighted by atomic mass is 35.5. The van der Waals surface area contributed by atoms with Gasteiger partial charge in [0.1, 0.15) is 11.6 Å². The number of hydrogen-bond donors (Lipinski definition) is 1. The van der Waals surface area contributed by atoms with E-state index < -0.39 is 0 Å². The molecule has 1 aromatic heterocycles. The number of rotatable bonds is 5. The SMILES string of the molecule is C[C@@H]([NH2+]CC(=O)N1CCC(c2nc3ccccc3o2)CC1)c1ccccc1Cl. The van der Waals surface area contributed by atoms with E-state index >= 15 is 0 Å². The van der Waals surface area contributed by atoms with E-state index in [-0.39, 0.29) is 17.9 Å². The second-order valence-corrected chi connectivity index (χ2v) is 7.83. The second kappa shape index (κ2) is 8.33. The van der Waals surface area contributed by atoms with Gasteiger partial charge in [0.15, 0.2) is 18.0 Å². The van der Waals surface area contributed by atoms with Crippen LogP contribution in [-0.2, 0) is 4.79 Å². The van der Waals surface area contributed by atoms with Crippen molar-refractivity contribution in [3.8, 4) is 0 Å². The Kier molecular flexibility index (Phi) is 5.64. The molecule has 146 valence electrons. The number of piperidine rings is 1. The first kappa shape index (κ1) is 19.0. The molecule has 3 aromatic rings. The average molecular weight is 399 g/mol. The molecule has 1 saturated heterocycles. The molecule has 0 aliphatic carbocycles. The van der Waals surface area contributed by atoms with Gasteiger partial charge in [-0.3, -0.25) is 4.79 Å². The van der Waals surface area contributed by atoms with Gasteiger partial charge in [0.25, 0.3) is 5.91 Å². The summed E-state index contributed by atoms with van der Waals surface area (Å²) in [6.07, 6.45) is 1.78. The summed E-state index contributed by atoms with van der Waals surface area (Å²) in [5.41, 5.74) is 2.80. The molecule has 1 amide bonds. The van der Waals surface area contributed by atoms with Crippen molar-refractivity contribution in [1.29, 1.82) is 0 Å². The third-order valence-electron chi connectivity index (χ3n) is 5.55. The summed E-state index contributed by atoms with van der Waals surface area (Å²) in [7, 11) is 0. The van der Waals surface area contributed by atoms with Crippen molar-refractivity contribution in [3.63, 3.8) is 0 Å². The second-order valence-electron chi connectivity index (χ2n) is 7.42. The zero-order valence-electron chi connectivity index (χ0n) is 16.0. The van der Waals surface area contributed by atoms with Crippen molar-refractivity contribution in [2.75, 3.05) is 19.6 Å². The average Bonchev–Trinajstić information content (AvgIpc) is 3.16. The molecule has 2 heterocycles. The van der Waals surface area contributed by atoms with E-state index in [1.165, 1.54) is 0 Å². The van der Waals surface area contributed by atoms with Gasteiger partial charge in [-0.15, -0.1) is 0 Å². The zero-order valence-corrected chi connectivity index (χ0v) is 16.7. The van der Waals surface area contributed by atoms with Gasteiger partial charge in [-0.25, -0.2) is 4.98 Å². The summed E-state index contributed by atoms with van der Waals surface area (Å²) < 4.78 is 5.91. The molecule has 5 nitrogen and oxygen atoms in total. The minimum Gasteiger partial charge on any atom is -0.440 e. The molecular formula is C22H25ClN3O2+. The molecule has 0 unspecified atom stereocenters. The Hall–Kier alpha value is -2.37. The van der Waals surface area contributed by atoms with Gasteiger partial charge >= 0.3 is 0 Å². The lowest BCUT2D eigenvalue weighted by Crippen LogP contribution is -2.87. The normalized spacial score (nSPS) is 16.4. The van der Waals surface area contributed by atoms with E-state index in [4.69, 9.17) is 16.0 Å². The van der Waals surface area contributed by atoms with E-state index in [9.17, 15) is 4.79 Å². The third-order valence-corrected chi connectivity index (χ3v) is 5.89. The predicted molar refractivity (Wildman–Crippen MR) is 109 cm³/mol. The van der Waals surface area contributed by atoms with Gasteiger partial charge in [-0.1, -0.05) is 41.9 Å². The molecule has 28 heavy (non-hydrogen) atoms. The molecule has 2 N–H and O–H groups in total. The van der Waals surface area contributed by atoms with Crippen LogP contribution in [0.5, 0.6) is 0 Å². The molecule has 0 radical (unpaired) electrons. The Balaban J connectivity index is 1.29. The number of nitrogens with two attached hydrogens (primary N) is 1. The van der Waals surface area contributed by atoms with Crippen molar-refractivity contribution < 1.29 is 14.5 Å². The van der Waals surface area contributed by atoms with Crippen molar-refractivity contribution in [1.82, 2.24) is 9.88 Å². The van der Waals surface area contributed by atoms with Crippen LogP contribution in [-0.4, -0.2) is 35.4 Å². The molecule has 0 saturated carbocycles. The Morgan fingerprint density at radius 3 is 2.68 bits per heavy atom. The summed E-state index contributed by atoms with van der Waals surface area (Å²) in [6.45, 7) is 4.00. The number of halogens is 1. The van der Waals surface area contributed by atoms with Crippen LogP contribution in [0.25, 0.3) is 11.1 Å². The van der Waals surface area contributed by atoms with Crippen molar-refractivity contribution in [3.05, 3.63) is 65.0 Å². The van der Waals surface area contributed by atoms with Crippen LogP contribution in [0, 0.1) is 0 Å². The highest BCUT2D eigenvalue weighted by molar-refractivity contribution is 6.31. The molecular weight excluding hydrogens is 374 g/mol. The van der Waals surface area contributed by atoms with Gasteiger partial charge in [-0.2, -0.15) is 0 Å². The van der Waals surface area contributed by atoms with E-state index in [2.05, 4.69) is 17.2 Å². The number of para-hydroxylation sites is 2. The maximum Gasteiger partial charge on any atom is 0.277 e. The number of nitrogens with zero attached hydrogens (tertiary/aromatic N) is 2. The van der Waals surface area contributed by atoms with Crippen LogP contribution in [0.4, 0.5) is 0 Å². The number of quaternary nitrogens is 1. The van der Waals surface area contributed by atoms with Crippen LogP contribution in [0.3, 0.4) is 0 Å². The van der Waals surface area contributed by atoms with Crippen molar-refractivity contribution in [2.45, 2.75) is 31.7 Å². The fourth-order valence-corrected chi connectivity index (χ4v) is 4.13. The number of benzene rings is 2. The van der Waals surface area contributed by atoms with Crippen LogP contribution in [0.2, 0.25) is 5.02 Å². The molecule has 0 bridgehead atoms. The zero-order chi connectivity index (χ0) is 19.5. The first-order chi connectivity index (χ1) is 13.6. The lowest BCUT2D eigenvalue weighted by atomic mass is 9.96. The minimum atomic E-state index is 0.148. The van der Waals surface area contributed by atoms with Gasteiger partial charge < -0.3 is 14.6 Å². The molecule has 1 aliphatic heterocycles. The largest absolute Gasteiger partial charge is 0.440 e. The fourth-order valence-electron chi connectivity index (χ4n) is 3.82. The van der Waals surface area contributed by atoms with E-state index in [0.717, 1.165) is 53.5 Å². The molecule has 4 rings (SSSR count). The third kappa shape index (κ3) is 4.05. The van der Waals surface area contributed by atoms with Crippen molar-refractivity contribution in [2.24, 2.45) is 0 Å². The molecule has 6 heteroatoms. The van der Waals surface area contributed by atoms with Crippen LogP contribution < -0.4 is 5.32 Å². The Morgan fingerprint density at radius 2 is 1.93 bits per heavy atom. The number of oxazole rings is 1. The van der Waals surface area contributed by atoms with E-state index in [1.807, 2.05) is 53.4 Å². The smallest absolute Gasteiger partial charge is 0.277 e. The molecule has 1 fully saturated rings. The number of fused-ring (bicyclic) bond motifs is 1. The minimum absolute atomic E-state index is 0.148. The standard InChI is InChI=1S/C22H24ClN3O2/c1-15(17-6-2-3-7-18(17)23)24-14-21(27)26-12-10-16(11-13-26)22-25-19-8-4-5-9-20(19)28-22/h2-9,15-16,24H,10-14H2,1H3/p+1/t15-/m1/s1. The molecule has 2 aromatic carbocycles. The lowest BCUT2D eigenvalue weighted by Gasteiger charge is -2.30. The van der Waals surface area contributed by atoms with Gasteiger partial charge in [0, 0.05) is 29.6 Å². The summed E-state index contributed by atoms with van der Waals surface area (Å²) in [5.74, 6) is 1.25. The Labute approximate surface area is 169 Å². The van der Waals surface area contributed by atoms with Gasteiger partial charge in [-0.05, 0) is 38.0 Å². The van der Waals surface area contributed by atoms with Crippen LogP contribution >= 0.6 is 11.6 Å². The molecule has 0 spiro atoms. The first-order valence-corrected chi connectivity index (χ1v) is 10.2. The van der Waals surface area contributed by atoms with Gasteiger partial charge in [0.2, 0.25) is 0 Å². The number of carbonyl (C=O) groups is 1. The number of hydrogen-bond acceptors (Lipinski definition) is 3. The predicted octanol–water partition coefficient (Wildman–Crippen LogP) is 3.51. The number of carbonyl (C=O) groups excluding carboxylic acids is 1. The fraction of sp³-hybridized carbons (Fsp3) is 0.364. The highest BCUT2D eigenvalue weighted by Gasteiger charge is 2.28. The number of likely N-dealkylation sites (tertiary alicyclic amines) is 1. The van der Waals surface area contributed by atoms with E-state index in [0.29, 0.717) is 6.54 Å². The Morgan fingerprint density at radius 1 is 1.21 bits per heavy atom. The van der Waals surface area contributed by atoms with Crippen molar-refractivity contribution >= 4 is 28.6 Å². The maximum atomic E-state index is 12.6. The summed E-state index contributed by atoms with van der Waals surface area (Å²) in [4.78, 5) is 19.2. The number of aromatic nitrogens is 1.